The fraction of sp³-hybridized carbons (Fsp3) is 0.652. The fourth-order valence-corrected chi connectivity index (χ4v) is 5.93. The Balaban J connectivity index is 1.30. The maximum Gasteiger partial charge on any atom is 0.493 e. The van der Waals surface area contributed by atoms with Gasteiger partial charge in [-0.2, -0.15) is 0 Å². The van der Waals surface area contributed by atoms with Gasteiger partial charge in [-0.25, -0.2) is 4.98 Å². The lowest BCUT2D eigenvalue weighted by molar-refractivity contribution is -0.155. The molecule has 1 aliphatic carbocycles. The third-order valence-corrected chi connectivity index (χ3v) is 8.39. The van der Waals surface area contributed by atoms with E-state index in [2.05, 4.69) is 42.6 Å². The maximum atomic E-state index is 12.9. The van der Waals surface area contributed by atoms with Crippen LogP contribution in [-0.4, -0.2) is 46.0 Å². The van der Waals surface area contributed by atoms with Crippen LogP contribution >= 0.6 is 0 Å². The summed E-state index contributed by atoms with van der Waals surface area (Å²) in [6, 6.07) is 2.04. The van der Waals surface area contributed by atoms with Gasteiger partial charge in [0.05, 0.1) is 5.60 Å². The number of aromatic nitrogens is 2. The standard InChI is InChI=1S/C23H32BN3O3/c1-14(2)15(3)16(4)21(28)27-12-22(13-27)6-8-23(9-7-22)19-17-5-10-25-20(17)26-11-18(19)24(29)30-23/h5,10-11,14-16,29H,6-9,12-13H2,1-4H3,(H,25,26). The molecule has 3 aliphatic rings. The Labute approximate surface area is 178 Å². The molecule has 5 rings (SSSR count). The van der Waals surface area contributed by atoms with Crippen molar-refractivity contribution in [3.8, 4) is 0 Å². The number of carbonyl (C=O) groups excluding carboxylic acids is 1. The van der Waals surface area contributed by atoms with Gasteiger partial charge >= 0.3 is 7.12 Å². The van der Waals surface area contributed by atoms with Crippen molar-refractivity contribution >= 4 is 29.5 Å². The van der Waals surface area contributed by atoms with Crippen molar-refractivity contribution in [3.63, 3.8) is 0 Å². The van der Waals surface area contributed by atoms with Gasteiger partial charge in [0.25, 0.3) is 0 Å². The molecule has 4 heterocycles. The predicted molar refractivity (Wildman–Crippen MR) is 117 cm³/mol. The van der Waals surface area contributed by atoms with E-state index >= 15 is 0 Å². The molecule has 0 radical (unpaired) electrons. The van der Waals surface area contributed by atoms with E-state index in [9.17, 15) is 9.82 Å². The first-order chi connectivity index (χ1) is 14.3. The highest BCUT2D eigenvalue weighted by atomic mass is 16.5. The van der Waals surface area contributed by atoms with Crippen LogP contribution in [0.3, 0.4) is 0 Å². The molecule has 2 N–H and O–H groups in total. The molecule has 2 aliphatic heterocycles. The summed E-state index contributed by atoms with van der Waals surface area (Å²) in [4.78, 5) is 22.6. The average Bonchev–Trinajstić information content (AvgIpc) is 3.28. The van der Waals surface area contributed by atoms with Crippen LogP contribution in [0.15, 0.2) is 18.5 Å². The largest absolute Gasteiger partial charge is 0.493 e. The highest BCUT2D eigenvalue weighted by molar-refractivity contribution is 6.62. The minimum Gasteiger partial charge on any atom is -0.423 e. The normalized spacial score (nSPS) is 23.8. The molecule has 0 aromatic carbocycles. The lowest BCUT2D eigenvalue weighted by atomic mass is 9.62. The number of nitrogens with one attached hydrogen (secondary N) is 1. The van der Waals surface area contributed by atoms with Gasteiger partial charge in [-0.05, 0) is 49.1 Å². The number of H-pyrrole nitrogens is 1. The topological polar surface area (TPSA) is 78.5 Å². The summed E-state index contributed by atoms with van der Waals surface area (Å²) in [5, 5.41) is 11.6. The van der Waals surface area contributed by atoms with E-state index in [1.54, 1.807) is 6.20 Å². The first-order valence-electron chi connectivity index (χ1n) is 11.4. The summed E-state index contributed by atoms with van der Waals surface area (Å²) >= 11 is 0. The zero-order valence-electron chi connectivity index (χ0n) is 18.4. The number of likely N-dealkylation sites (tertiary alicyclic amines) is 1. The molecule has 2 spiro atoms. The minimum atomic E-state index is -0.904. The zero-order valence-corrected chi connectivity index (χ0v) is 18.4. The summed E-state index contributed by atoms with van der Waals surface area (Å²) in [6.07, 6.45) is 7.44. The van der Waals surface area contributed by atoms with E-state index < -0.39 is 12.7 Å². The van der Waals surface area contributed by atoms with Crippen molar-refractivity contribution in [1.82, 2.24) is 14.9 Å². The molecule has 0 bridgehead atoms. The highest BCUT2D eigenvalue weighted by Crippen LogP contribution is 2.54. The van der Waals surface area contributed by atoms with Gasteiger partial charge in [0.15, 0.2) is 0 Å². The van der Waals surface area contributed by atoms with Gasteiger partial charge in [0.2, 0.25) is 5.91 Å². The molecule has 2 atom stereocenters. The Hall–Kier alpha value is -1.86. The van der Waals surface area contributed by atoms with Crippen molar-refractivity contribution < 1.29 is 14.5 Å². The Morgan fingerprint density at radius 1 is 1.23 bits per heavy atom. The van der Waals surface area contributed by atoms with Gasteiger partial charge in [0, 0.05) is 47.7 Å². The lowest BCUT2D eigenvalue weighted by Crippen LogP contribution is -2.62. The number of fused-ring (bicyclic) bond motifs is 4. The zero-order chi connectivity index (χ0) is 21.3. The summed E-state index contributed by atoms with van der Waals surface area (Å²) in [7, 11) is -0.904. The Kier molecular flexibility index (Phi) is 4.57. The summed E-state index contributed by atoms with van der Waals surface area (Å²) in [5.74, 6) is 1.29. The van der Waals surface area contributed by atoms with E-state index in [-0.39, 0.29) is 11.3 Å². The van der Waals surface area contributed by atoms with Crippen LogP contribution in [0, 0.1) is 23.2 Å². The number of rotatable bonds is 3. The van der Waals surface area contributed by atoms with Crippen molar-refractivity contribution in [2.75, 3.05) is 13.1 Å². The Bertz CT molecular complexity index is 971. The van der Waals surface area contributed by atoms with E-state index in [1.165, 1.54) is 0 Å². The van der Waals surface area contributed by atoms with Gasteiger partial charge in [-0.1, -0.05) is 27.7 Å². The molecule has 2 aromatic rings. The SMILES string of the molecule is CC(C)C(C)C(C)C(=O)N1CC2(CCC3(CC2)OB(O)c2cnc4[nH]ccc4c23)C1. The quantitative estimate of drug-likeness (QED) is 0.765. The summed E-state index contributed by atoms with van der Waals surface area (Å²) in [6.45, 7) is 10.4. The van der Waals surface area contributed by atoms with Gasteiger partial charge in [-0.3, -0.25) is 4.79 Å². The van der Waals surface area contributed by atoms with E-state index in [4.69, 9.17) is 4.65 Å². The predicted octanol–water partition coefficient (Wildman–Crippen LogP) is 2.81. The molecule has 2 unspecified atom stereocenters. The molecule has 30 heavy (non-hydrogen) atoms. The van der Waals surface area contributed by atoms with E-state index in [0.717, 1.165) is 60.8 Å². The second-order valence-corrected chi connectivity index (χ2v) is 10.4. The number of hydrogen-bond donors (Lipinski definition) is 2. The molecule has 1 amide bonds. The van der Waals surface area contributed by atoms with Gasteiger partial charge in [-0.15, -0.1) is 0 Å². The maximum absolute atomic E-state index is 12.9. The minimum absolute atomic E-state index is 0.0758. The molecular formula is C23H32BN3O3. The van der Waals surface area contributed by atoms with Crippen molar-refractivity contribution in [2.45, 2.75) is 59.0 Å². The molecule has 160 valence electrons. The first-order valence-corrected chi connectivity index (χ1v) is 11.4. The van der Waals surface area contributed by atoms with Gasteiger partial charge in [0.1, 0.15) is 5.65 Å². The number of aromatic amines is 1. The van der Waals surface area contributed by atoms with Crippen molar-refractivity contribution in [3.05, 3.63) is 24.0 Å². The number of carbonyl (C=O) groups is 1. The molecule has 6 nitrogen and oxygen atoms in total. The third kappa shape index (κ3) is 2.85. The second-order valence-electron chi connectivity index (χ2n) is 10.4. The molecule has 1 saturated heterocycles. The molecule has 2 fully saturated rings. The van der Waals surface area contributed by atoms with Crippen LogP contribution in [0.4, 0.5) is 0 Å². The van der Waals surface area contributed by atoms with E-state index in [0.29, 0.717) is 17.7 Å². The monoisotopic (exact) mass is 409 g/mol. The van der Waals surface area contributed by atoms with Crippen LogP contribution in [-0.2, 0) is 15.0 Å². The molecule has 7 heteroatoms. The van der Waals surface area contributed by atoms with Crippen molar-refractivity contribution in [1.29, 1.82) is 0 Å². The summed E-state index contributed by atoms with van der Waals surface area (Å²) < 4.78 is 6.19. The number of nitrogens with zero attached hydrogens (tertiary/aromatic N) is 2. The Morgan fingerprint density at radius 3 is 2.60 bits per heavy atom. The van der Waals surface area contributed by atoms with Crippen molar-refractivity contribution in [2.24, 2.45) is 23.2 Å². The van der Waals surface area contributed by atoms with Crippen LogP contribution in [0.2, 0.25) is 0 Å². The number of hydrogen-bond acceptors (Lipinski definition) is 4. The van der Waals surface area contributed by atoms with Gasteiger partial charge < -0.3 is 19.6 Å². The molecule has 1 saturated carbocycles. The first kappa shape index (κ1) is 20.1. The number of pyridine rings is 1. The highest BCUT2D eigenvalue weighted by Gasteiger charge is 2.56. The summed E-state index contributed by atoms with van der Waals surface area (Å²) in [5.41, 5.74) is 2.54. The number of amides is 1. The average molecular weight is 409 g/mol. The van der Waals surface area contributed by atoms with E-state index in [1.807, 2.05) is 12.3 Å². The van der Waals surface area contributed by atoms with Crippen LogP contribution in [0.1, 0.15) is 58.9 Å². The third-order valence-electron chi connectivity index (χ3n) is 8.39. The van der Waals surface area contributed by atoms with Crippen LogP contribution in [0.5, 0.6) is 0 Å². The molecule has 2 aromatic heterocycles. The Morgan fingerprint density at radius 2 is 1.93 bits per heavy atom. The van der Waals surface area contributed by atoms with Crippen LogP contribution in [0.25, 0.3) is 11.0 Å². The second kappa shape index (κ2) is 6.82. The lowest BCUT2D eigenvalue weighted by Gasteiger charge is -2.56. The van der Waals surface area contributed by atoms with Crippen LogP contribution < -0.4 is 5.46 Å². The molecular weight excluding hydrogens is 377 g/mol. The smallest absolute Gasteiger partial charge is 0.423 e. The fourth-order valence-electron chi connectivity index (χ4n) is 5.93.